The van der Waals surface area contributed by atoms with Gasteiger partial charge in [-0.25, -0.2) is 0 Å². The Kier molecular flexibility index (Phi) is 7.76. The van der Waals surface area contributed by atoms with Gasteiger partial charge in [0.25, 0.3) is 0 Å². The molecule has 2 fully saturated rings. The maximum absolute atomic E-state index is 2.71. The van der Waals surface area contributed by atoms with Crippen LogP contribution < -0.4 is 0 Å². The normalized spacial score (nSPS) is 24.9. The monoisotopic (exact) mass is 287 g/mol. The van der Waals surface area contributed by atoms with E-state index in [9.17, 15) is 0 Å². The van der Waals surface area contributed by atoms with Crippen molar-refractivity contribution in [2.75, 3.05) is 19.6 Å². The summed E-state index contributed by atoms with van der Waals surface area (Å²) in [5.41, 5.74) is 0.571. The lowest BCUT2D eigenvalue weighted by Crippen LogP contribution is -2.40. The second kappa shape index (κ2) is 8.52. The van der Waals surface area contributed by atoms with Gasteiger partial charge in [0.15, 0.2) is 0 Å². The van der Waals surface area contributed by atoms with Crippen molar-refractivity contribution in [3.63, 3.8) is 0 Å². The number of piperidine rings is 1. The zero-order chi connectivity index (χ0) is 12.8. The molecule has 1 aliphatic carbocycles. The van der Waals surface area contributed by atoms with Crippen LogP contribution in [-0.2, 0) is 0 Å². The molecular formula is C17H34ClN. The van der Waals surface area contributed by atoms with E-state index in [0.29, 0.717) is 5.41 Å². The topological polar surface area (TPSA) is 3.24 Å². The average Bonchev–Trinajstić information content (AvgIpc) is 2.35. The first-order valence-electron chi connectivity index (χ1n) is 8.38. The van der Waals surface area contributed by atoms with Gasteiger partial charge in [-0.1, -0.05) is 58.8 Å². The molecule has 0 N–H and O–H groups in total. The Hall–Kier alpha value is 0.250. The van der Waals surface area contributed by atoms with E-state index in [2.05, 4.69) is 18.7 Å². The van der Waals surface area contributed by atoms with Crippen LogP contribution in [0, 0.1) is 11.3 Å². The number of rotatable bonds is 5. The van der Waals surface area contributed by atoms with Crippen molar-refractivity contribution < 1.29 is 0 Å². The summed E-state index contributed by atoms with van der Waals surface area (Å²) in [6.07, 6.45) is 14.8. The lowest BCUT2D eigenvalue weighted by atomic mass is 9.84. The Bertz CT molecular complexity index is 233. The summed E-state index contributed by atoms with van der Waals surface area (Å²) in [5, 5.41) is 0. The molecular weight excluding hydrogens is 254 g/mol. The molecule has 1 saturated carbocycles. The minimum Gasteiger partial charge on any atom is -0.303 e. The van der Waals surface area contributed by atoms with Gasteiger partial charge in [0, 0.05) is 6.54 Å². The van der Waals surface area contributed by atoms with Gasteiger partial charge >= 0.3 is 0 Å². The fourth-order valence-corrected chi connectivity index (χ4v) is 3.98. The Balaban J connectivity index is 0.00000180. The van der Waals surface area contributed by atoms with Gasteiger partial charge in [0.05, 0.1) is 0 Å². The molecule has 1 nitrogen and oxygen atoms in total. The number of nitrogens with zero attached hydrogens (tertiary/aromatic N) is 1. The van der Waals surface area contributed by atoms with Crippen molar-refractivity contribution in [1.29, 1.82) is 0 Å². The number of halogens is 1. The molecule has 114 valence electrons. The third-order valence-corrected chi connectivity index (χ3v) is 5.04. The van der Waals surface area contributed by atoms with Crippen molar-refractivity contribution in [2.45, 2.75) is 78.1 Å². The Labute approximate surface area is 126 Å². The number of unbranched alkanes of at least 4 members (excludes halogenated alkanes) is 1. The molecule has 0 aromatic carbocycles. The zero-order valence-electron chi connectivity index (χ0n) is 13.1. The van der Waals surface area contributed by atoms with Crippen LogP contribution in [0.1, 0.15) is 78.1 Å². The van der Waals surface area contributed by atoms with Gasteiger partial charge in [-0.2, -0.15) is 0 Å². The highest BCUT2D eigenvalue weighted by Gasteiger charge is 2.25. The minimum atomic E-state index is 0. The van der Waals surface area contributed by atoms with E-state index in [-0.39, 0.29) is 12.4 Å². The van der Waals surface area contributed by atoms with E-state index in [4.69, 9.17) is 0 Å². The van der Waals surface area contributed by atoms with Gasteiger partial charge in [-0.05, 0) is 43.7 Å². The van der Waals surface area contributed by atoms with Crippen LogP contribution in [0.3, 0.4) is 0 Å². The Morgan fingerprint density at radius 2 is 1.74 bits per heavy atom. The quantitative estimate of drug-likeness (QED) is 0.622. The molecule has 0 amide bonds. The highest BCUT2D eigenvalue weighted by Crippen LogP contribution is 2.30. The van der Waals surface area contributed by atoms with Gasteiger partial charge in [-0.3, -0.25) is 0 Å². The number of hydrogen-bond acceptors (Lipinski definition) is 1. The third kappa shape index (κ3) is 6.49. The first-order chi connectivity index (χ1) is 8.66. The van der Waals surface area contributed by atoms with Gasteiger partial charge in [-0.15, -0.1) is 12.4 Å². The molecule has 0 spiro atoms. The third-order valence-electron chi connectivity index (χ3n) is 5.04. The average molecular weight is 288 g/mol. The molecule has 0 bridgehead atoms. The highest BCUT2D eigenvalue weighted by atomic mass is 35.5. The molecule has 2 heteroatoms. The summed E-state index contributed by atoms with van der Waals surface area (Å²) in [5.74, 6) is 1.08. The van der Waals surface area contributed by atoms with E-state index in [1.165, 1.54) is 83.8 Å². The van der Waals surface area contributed by atoms with E-state index in [1.807, 2.05) is 0 Å². The summed E-state index contributed by atoms with van der Waals surface area (Å²) >= 11 is 0. The smallest absolute Gasteiger partial charge is 0.00327 e. The van der Waals surface area contributed by atoms with Crippen LogP contribution in [0.4, 0.5) is 0 Å². The molecule has 0 unspecified atom stereocenters. The summed E-state index contributed by atoms with van der Waals surface area (Å²) in [6.45, 7) is 8.90. The molecule has 0 atom stereocenters. The first-order valence-corrected chi connectivity index (χ1v) is 8.38. The largest absolute Gasteiger partial charge is 0.303 e. The standard InChI is InChI=1S/C17H33N.ClH/c1-17(2)12-8-14-18(15-17)13-7-6-11-16-9-4-3-5-10-16;/h16H,3-15H2,1-2H3;1H. The highest BCUT2D eigenvalue weighted by molar-refractivity contribution is 5.85. The van der Waals surface area contributed by atoms with E-state index in [1.54, 1.807) is 0 Å². The lowest BCUT2D eigenvalue weighted by molar-refractivity contribution is 0.115. The van der Waals surface area contributed by atoms with Gasteiger partial charge in [0.2, 0.25) is 0 Å². The van der Waals surface area contributed by atoms with Crippen molar-refractivity contribution in [3.05, 3.63) is 0 Å². The molecule has 2 aliphatic rings. The second-order valence-corrected chi connectivity index (χ2v) is 7.54. The molecule has 0 radical (unpaired) electrons. The van der Waals surface area contributed by atoms with Crippen molar-refractivity contribution in [2.24, 2.45) is 11.3 Å². The minimum absolute atomic E-state index is 0. The van der Waals surface area contributed by atoms with Gasteiger partial charge < -0.3 is 4.90 Å². The number of likely N-dealkylation sites (tertiary alicyclic amines) is 1. The molecule has 0 aromatic heterocycles. The predicted molar refractivity (Wildman–Crippen MR) is 87.1 cm³/mol. The van der Waals surface area contributed by atoms with Crippen molar-refractivity contribution >= 4 is 12.4 Å². The lowest BCUT2D eigenvalue weighted by Gasteiger charge is -2.38. The van der Waals surface area contributed by atoms with Crippen LogP contribution in [0.2, 0.25) is 0 Å². The van der Waals surface area contributed by atoms with Crippen LogP contribution in [0.15, 0.2) is 0 Å². The second-order valence-electron chi connectivity index (χ2n) is 7.54. The summed E-state index contributed by atoms with van der Waals surface area (Å²) < 4.78 is 0. The Morgan fingerprint density at radius 1 is 1.00 bits per heavy atom. The van der Waals surface area contributed by atoms with Crippen LogP contribution in [0.5, 0.6) is 0 Å². The van der Waals surface area contributed by atoms with Crippen molar-refractivity contribution in [1.82, 2.24) is 4.90 Å². The maximum atomic E-state index is 2.71. The summed E-state index contributed by atoms with van der Waals surface area (Å²) in [4.78, 5) is 2.71. The molecule has 1 heterocycles. The summed E-state index contributed by atoms with van der Waals surface area (Å²) in [7, 11) is 0. The number of hydrogen-bond donors (Lipinski definition) is 0. The molecule has 1 saturated heterocycles. The van der Waals surface area contributed by atoms with E-state index < -0.39 is 0 Å². The first kappa shape index (κ1) is 17.3. The van der Waals surface area contributed by atoms with Crippen molar-refractivity contribution in [3.8, 4) is 0 Å². The fraction of sp³-hybridized carbons (Fsp3) is 1.00. The molecule has 1 aliphatic heterocycles. The van der Waals surface area contributed by atoms with Gasteiger partial charge in [0.1, 0.15) is 0 Å². The maximum Gasteiger partial charge on any atom is 0.00327 e. The van der Waals surface area contributed by atoms with Crippen LogP contribution >= 0.6 is 12.4 Å². The molecule has 19 heavy (non-hydrogen) atoms. The Morgan fingerprint density at radius 3 is 2.42 bits per heavy atom. The predicted octanol–water partition coefficient (Wildman–Crippen LogP) is 5.28. The van der Waals surface area contributed by atoms with E-state index >= 15 is 0 Å². The summed E-state index contributed by atoms with van der Waals surface area (Å²) in [6, 6.07) is 0. The fourth-order valence-electron chi connectivity index (χ4n) is 3.98. The van der Waals surface area contributed by atoms with E-state index in [0.717, 1.165) is 5.92 Å². The molecule has 2 rings (SSSR count). The van der Waals surface area contributed by atoms with Crippen LogP contribution in [0.25, 0.3) is 0 Å². The zero-order valence-corrected chi connectivity index (χ0v) is 13.9. The molecule has 0 aromatic rings. The SMILES string of the molecule is CC1(C)CCCN(CCCCC2CCCCC2)C1.Cl. The van der Waals surface area contributed by atoms with Crippen LogP contribution in [-0.4, -0.2) is 24.5 Å².